The number of carbonyl (C=O) groups is 3. The van der Waals surface area contributed by atoms with Crippen LogP contribution in [0.15, 0.2) is 0 Å². The van der Waals surface area contributed by atoms with Crippen molar-refractivity contribution in [3.05, 3.63) is 0 Å². The molecule has 7 nitrogen and oxygen atoms in total. The van der Waals surface area contributed by atoms with E-state index < -0.39 is 35.3 Å². The van der Waals surface area contributed by atoms with Crippen LogP contribution in [0.4, 0.5) is 0 Å². The molecular formula is C38H72O7. The number of carboxylic acids is 2. The van der Waals surface area contributed by atoms with Crippen molar-refractivity contribution in [3.8, 4) is 0 Å². The topological polar surface area (TPSA) is 110 Å². The van der Waals surface area contributed by atoms with Crippen LogP contribution < -0.4 is 0 Å². The second kappa shape index (κ2) is 24.5. The molecule has 0 aliphatic carbocycles. The van der Waals surface area contributed by atoms with Crippen molar-refractivity contribution in [1.82, 2.24) is 0 Å². The van der Waals surface area contributed by atoms with Gasteiger partial charge in [-0.05, 0) is 49.4 Å². The Balaban J connectivity index is 7.45. The highest BCUT2D eigenvalue weighted by Crippen LogP contribution is 2.51. The zero-order valence-corrected chi connectivity index (χ0v) is 30.6. The minimum Gasteiger partial charge on any atom is -0.481 e. The number of ether oxygens (including phenoxy) is 2. The summed E-state index contributed by atoms with van der Waals surface area (Å²) >= 11 is 0. The van der Waals surface area contributed by atoms with Gasteiger partial charge in [-0.1, -0.05) is 145 Å². The summed E-state index contributed by atoms with van der Waals surface area (Å²) in [6, 6.07) is 0. The van der Waals surface area contributed by atoms with Crippen molar-refractivity contribution in [3.63, 3.8) is 0 Å². The van der Waals surface area contributed by atoms with Gasteiger partial charge in [-0.25, -0.2) is 4.79 Å². The standard InChI is InChI=1S/C38H72O7/c1-9-17-21-30(13-5)25-37(26-31(14-6)22-18-10-2,36(43)44-28-32(15-7)23-19-11-3)38(35(41)42,27-34(39)40)45-29-33(16-8)24-20-12-4/h30-33H,9-29H2,1-8H3,(H,39,40)(H,41,42). The summed E-state index contributed by atoms with van der Waals surface area (Å²) in [4.78, 5) is 41.3. The molecule has 0 aliphatic heterocycles. The molecule has 5 atom stereocenters. The number of carbonyl (C=O) groups excluding carboxylic acids is 1. The van der Waals surface area contributed by atoms with Gasteiger partial charge in [-0.2, -0.15) is 0 Å². The summed E-state index contributed by atoms with van der Waals surface area (Å²) in [7, 11) is 0. The van der Waals surface area contributed by atoms with E-state index in [1.54, 1.807) is 0 Å². The Morgan fingerprint density at radius 1 is 0.578 bits per heavy atom. The van der Waals surface area contributed by atoms with Crippen molar-refractivity contribution in [1.29, 1.82) is 0 Å². The Morgan fingerprint density at radius 2 is 0.956 bits per heavy atom. The molecule has 0 saturated carbocycles. The highest BCUT2D eigenvalue weighted by Gasteiger charge is 2.65. The minimum atomic E-state index is -2.24. The SMILES string of the molecule is CCCCC(CC)COC(=O)C(CC(CC)CCCC)(CC(CC)CCCC)C(CC(=O)O)(OCC(CC)CCCC)C(=O)O. The summed E-state index contributed by atoms with van der Waals surface area (Å²) in [6.45, 7) is 17.2. The summed E-state index contributed by atoms with van der Waals surface area (Å²) in [5.41, 5.74) is -3.87. The van der Waals surface area contributed by atoms with E-state index in [9.17, 15) is 24.6 Å². The van der Waals surface area contributed by atoms with Crippen molar-refractivity contribution in [2.24, 2.45) is 29.1 Å². The van der Waals surface area contributed by atoms with Crippen LogP contribution in [0.2, 0.25) is 0 Å². The van der Waals surface area contributed by atoms with Gasteiger partial charge in [0.05, 0.1) is 19.6 Å². The minimum absolute atomic E-state index is 0.0430. The number of aliphatic carboxylic acids is 2. The van der Waals surface area contributed by atoms with Crippen molar-refractivity contribution >= 4 is 17.9 Å². The summed E-state index contributed by atoms with van der Waals surface area (Å²) in [5, 5.41) is 21.5. The third kappa shape index (κ3) is 14.3. The monoisotopic (exact) mass is 641 g/mol. The molecule has 0 rings (SSSR count). The molecule has 266 valence electrons. The number of unbranched alkanes of at least 4 members (excludes halogenated alkanes) is 4. The third-order valence-electron chi connectivity index (χ3n) is 10.4. The molecule has 0 saturated heterocycles. The maximum atomic E-state index is 14.9. The lowest BCUT2D eigenvalue weighted by Crippen LogP contribution is -2.63. The van der Waals surface area contributed by atoms with Crippen LogP contribution in [0.25, 0.3) is 0 Å². The van der Waals surface area contributed by atoms with Crippen LogP contribution in [0, 0.1) is 29.1 Å². The van der Waals surface area contributed by atoms with Crippen LogP contribution in [-0.4, -0.2) is 46.9 Å². The molecule has 0 aliphatic rings. The van der Waals surface area contributed by atoms with E-state index in [0.717, 1.165) is 103 Å². The van der Waals surface area contributed by atoms with Gasteiger partial charge in [-0.3, -0.25) is 9.59 Å². The maximum Gasteiger partial charge on any atom is 0.337 e. The zero-order chi connectivity index (χ0) is 34.3. The summed E-state index contributed by atoms with van der Waals surface area (Å²) in [5.74, 6) is -2.87. The fourth-order valence-electron chi connectivity index (χ4n) is 6.92. The van der Waals surface area contributed by atoms with Crippen molar-refractivity contribution in [2.75, 3.05) is 13.2 Å². The predicted molar refractivity (Wildman–Crippen MR) is 184 cm³/mol. The smallest absolute Gasteiger partial charge is 0.337 e. The molecule has 0 heterocycles. The Kier molecular flexibility index (Phi) is 23.6. The van der Waals surface area contributed by atoms with Gasteiger partial charge in [0.2, 0.25) is 0 Å². The third-order valence-corrected chi connectivity index (χ3v) is 10.4. The van der Waals surface area contributed by atoms with E-state index in [1.807, 2.05) is 0 Å². The number of esters is 1. The van der Waals surface area contributed by atoms with E-state index in [-0.39, 0.29) is 49.7 Å². The van der Waals surface area contributed by atoms with E-state index in [4.69, 9.17) is 9.47 Å². The molecule has 7 heteroatoms. The molecule has 0 aromatic heterocycles. The molecule has 0 fully saturated rings. The predicted octanol–water partition coefficient (Wildman–Crippen LogP) is 10.5. The molecule has 45 heavy (non-hydrogen) atoms. The van der Waals surface area contributed by atoms with E-state index >= 15 is 0 Å². The Bertz CT molecular complexity index is 779. The van der Waals surface area contributed by atoms with Crippen molar-refractivity contribution < 1.29 is 34.1 Å². The molecule has 0 spiro atoms. The van der Waals surface area contributed by atoms with Crippen LogP contribution in [0.5, 0.6) is 0 Å². The quantitative estimate of drug-likeness (QED) is 0.0752. The molecule has 5 unspecified atom stereocenters. The first-order chi connectivity index (χ1) is 21.5. The largest absolute Gasteiger partial charge is 0.481 e. The van der Waals surface area contributed by atoms with Gasteiger partial charge < -0.3 is 19.7 Å². The van der Waals surface area contributed by atoms with Gasteiger partial charge in [0.1, 0.15) is 5.41 Å². The first kappa shape index (κ1) is 43.4. The van der Waals surface area contributed by atoms with Crippen molar-refractivity contribution in [2.45, 2.75) is 183 Å². The van der Waals surface area contributed by atoms with Crippen LogP contribution in [0.1, 0.15) is 177 Å². The fraction of sp³-hybridized carbons (Fsp3) is 0.921. The molecule has 0 aromatic carbocycles. The fourth-order valence-corrected chi connectivity index (χ4v) is 6.92. The second-order valence-corrected chi connectivity index (χ2v) is 13.8. The molecular weight excluding hydrogens is 568 g/mol. The Hall–Kier alpha value is -1.63. The van der Waals surface area contributed by atoms with E-state index in [2.05, 4.69) is 55.4 Å². The molecule has 0 aromatic rings. The van der Waals surface area contributed by atoms with Crippen LogP contribution >= 0.6 is 0 Å². The van der Waals surface area contributed by atoms with Gasteiger partial charge in [0.15, 0.2) is 5.60 Å². The van der Waals surface area contributed by atoms with Crippen LogP contribution in [0.3, 0.4) is 0 Å². The molecule has 0 bridgehead atoms. The number of carboxylic acid groups (broad SMARTS) is 2. The lowest BCUT2D eigenvalue weighted by molar-refractivity contribution is -0.216. The highest BCUT2D eigenvalue weighted by atomic mass is 16.6. The van der Waals surface area contributed by atoms with Crippen LogP contribution in [-0.2, 0) is 23.9 Å². The zero-order valence-electron chi connectivity index (χ0n) is 30.6. The summed E-state index contributed by atoms with van der Waals surface area (Å²) in [6.07, 6.45) is 14.4. The average molecular weight is 641 g/mol. The van der Waals surface area contributed by atoms with Gasteiger partial charge in [-0.15, -0.1) is 0 Å². The number of hydrogen-bond acceptors (Lipinski definition) is 5. The molecule has 0 radical (unpaired) electrons. The van der Waals surface area contributed by atoms with Gasteiger partial charge in [0.25, 0.3) is 0 Å². The van der Waals surface area contributed by atoms with Gasteiger partial charge in [0, 0.05) is 0 Å². The first-order valence-corrected chi connectivity index (χ1v) is 18.8. The average Bonchev–Trinajstić information content (AvgIpc) is 3.03. The first-order valence-electron chi connectivity index (χ1n) is 18.8. The normalized spacial score (nSPS) is 17.1. The van der Waals surface area contributed by atoms with E-state index in [0.29, 0.717) is 0 Å². The highest BCUT2D eigenvalue weighted by molar-refractivity contribution is 5.93. The number of hydrogen-bond donors (Lipinski definition) is 2. The lowest BCUT2D eigenvalue weighted by Gasteiger charge is -2.48. The maximum absolute atomic E-state index is 14.9. The lowest BCUT2D eigenvalue weighted by atomic mass is 9.59. The Labute approximate surface area is 277 Å². The Morgan fingerprint density at radius 3 is 1.29 bits per heavy atom. The molecule has 0 amide bonds. The summed E-state index contributed by atoms with van der Waals surface area (Å²) < 4.78 is 12.8. The van der Waals surface area contributed by atoms with Gasteiger partial charge >= 0.3 is 17.9 Å². The van der Waals surface area contributed by atoms with E-state index in [1.165, 1.54) is 0 Å². The second-order valence-electron chi connectivity index (χ2n) is 13.8. The number of rotatable bonds is 30. The molecule has 2 N–H and O–H groups in total.